The molecule has 4 N–H and O–H groups in total. The van der Waals surface area contributed by atoms with Crippen LogP contribution in [-0.2, 0) is 26.7 Å². The van der Waals surface area contributed by atoms with E-state index in [0.717, 1.165) is 6.26 Å². The Balaban J connectivity index is 2.07. The maximum absolute atomic E-state index is 14.4. The molecule has 0 saturated carbocycles. The van der Waals surface area contributed by atoms with Crippen molar-refractivity contribution < 1.29 is 41.1 Å². The fourth-order valence-corrected chi connectivity index (χ4v) is 6.31. The molecule has 2 aromatic carbocycles. The minimum atomic E-state index is -5.84. The molecule has 14 heteroatoms. The highest BCUT2D eigenvalue weighted by molar-refractivity contribution is 9.10. The topological polar surface area (TPSA) is 144 Å². The van der Waals surface area contributed by atoms with E-state index < -0.39 is 33.9 Å². The molecule has 0 bridgehead atoms. The van der Waals surface area contributed by atoms with Gasteiger partial charge < -0.3 is 20.3 Å². The third-order valence-corrected chi connectivity index (χ3v) is 8.98. The molecular weight excluding hydrogens is 555 g/mol. The zero-order valence-corrected chi connectivity index (χ0v) is 20.2. The van der Waals surface area contributed by atoms with Gasteiger partial charge in [0.05, 0.1) is 9.60 Å². The molecule has 32 heavy (non-hydrogen) atoms. The van der Waals surface area contributed by atoms with Crippen LogP contribution in [0.3, 0.4) is 0 Å². The summed E-state index contributed by atoms with van der Waals surface area (Å²) in [4.78, 5) is 29.1. The van der Waals surface area contributed by atoms with E-state index in [1.165, 1.54) is 36.4 Å². The van der Waals surface area contributed by atoms with Crippen LogP contribution >= 0.6 is 34.9 Å². The van der Waals surface area contributed by atoms with Gasteiger partial charge in [-0.3, -0.25) is 9.36 Å². The van der Waals surface area contributed by atoms with E-state index in [4.69, 9.17) is 20.3 Å². The van der Waals surface area contributed by atoms with E-state index in [1.54, 1.807) is 0 Å². The first kappa shape index (κ1) is 24.7. The predicted octanol–water partition coefficient (Wildman–Crippen LogP) is 3.97. The Morgan fingerprint density at radius 1 is 1.25 bits per heavy atom. The molecule has 0 aliphatic rings. The fourth-order valence-electron chi connectivity index (χ4n) is 2.71. The second kappa shape index (κ2) is 8.47. The Labute approximate surface area is 193 Å². The molecule has 0 radical (unpaired) electrons. The number of carbonyl (C=O) groups excluding carboxylic acids is 1. The zero-order chi connectivity index (χ0) is 24.1. The number of ether oxygens (including phenoxy) is 1. The van der Waals surface area contributed by atoms with Gasteiger partial charge in [-0.2, -0.15) is 8.78 Å². The molecule has 0 unspecified atom stereocenters. The number of sulfone groups is 1. The van der Waals surface area contributed by atoms with Crippen molar-refractivity contribution in [2.75, 3.05) is 6.26 Å². The lowest BCUT2D eigenvalue weighted by Crippen LogP contribution is -2.12. The van der Waals surface area contributed by atoms with Gasteiger partial charge in [0.2, 0.25) is 5.91 Å². The van der Waals surface area contributed by atoms with E-state index >= 15 is 0 Å². The van der Waals surface area contributed by atoms with E-state index in [-0.39, 0.29) is 37.4 Å². The summed E-state index contributed by atoms with van der Waals surface area (Å²) in [5, 5.41) is 0.0665. The number of carbonyl (C=O) groups is 1. The number of rotatable bonds is 7. The summed E-state index contributed by atoms with van der Waals surface area (Å²) in [5.74, 6) is -0.877. The van der Waals surface area contributed by atoms with Gasteiger partial charge >= 0.3 is 13.3 Å². The quantitative estimate of drug-likeness (QED) is 0.365. The summed E-state index contributed by atoms with van der Waals surface area (Å²) < 4.78 is 68.7. The molecule has 1 aromatic heterocycles. The molecule has 0 atom stereocenters. The molecule has 1 heterocycles. The summed E-state index contributed by atoms with van der Waals surface area (Å²) >= 11 is 3.34. The lowest BCUT2D eigenvalue weighted by molar-refractivity contribution is 0.0595. The zero-order valence-electron chi connectivity index (χ0n) is 16.1. The first-order valence-electron chi connectivity index (χ1n) is 8.54. The van der Waals surface area contributed by atoms with Crippen LogP contribution in [0.15, 0.2) is 45.8 Å². The van der Waals surface area contributed by atoms with Crippen LogP contribution in [0, 0.1) is 0 Å². The molecular formula is C18H15BrF2NO7PS2. The van der Waals surface area contributed by atoms with E-state index in [1.807, 2.05) is 0 Å². The van der Waals surface area contributed by atoms with Crippen molar-refractivity contribution in [1.82, 2.24) is 0 Å². The molecule has 0 saturated heterocycles. The van der Waals surface area contributed by atoms with Gasteiger partial charge in [0, 0.05) is 21.7 Å². The van der Waals surface area contributed by atoms with Crippen molar-refractivity contribution in [1.29, 1.82) is 0 Å². The van der Waals surface area contributed by atoms with Crippen LogP contribution in [0.25, 0.3) is 10.1 Å². The monoisotopic (exact) mass is 569 g/mol. The lowest BCUT2D eigenvalue weighted by Gasteiger charge is -2.16. The van der Waals surface area contributed by atoms with Gasteiger partial charge in [0.1, 0.15) is 17.2 Å². The number of hydrogen-bond acceptors (Lipinski definition) is 6. The Hall–Kier alpha value is -1.89. The third kappa shape index (κ3) is 4.73. The number of thiophene rings is 1. The standard InChI is InChI=1S/C18H15BrF2NO7PS2/c1-32(27,28)11-4-2-9(3-5-11)8-29-13-7-10(17(22)23)6-12-14(19)16(31-15(12)13)18(20,21)30(24,25)26/h2-7H,8H2,1H3,(H2,22,23)(H2,24,25,26). The maximum Gasteiger partial charge on any atom is 0.400 e. The molecule has 0 aliphatic carbocycles. The average molecular weight is 570 g/mol. The van der Waals surface area contributed by atoms with Crippen molar-refractivity contribution in [3.8, 4) is 5.75 Å². The highest BCUT2D eigenvalue weighted by atomic mass is 79.9. The Morgan fingerprint density at radius 2 is 1.84 bits per heavy atom. The smallest absolute Gasteiger partial charge is 0.400 e. The summed E-state index contributed by atoms with van der Waals surface area (Å²) in [6, 6.07) is 8.21. The van der Waals surface area contributed by atoms with Gasteiger partial charge in [-0.1, -0.05) is 12.1 Å². The van der Waals surface area contributed by atoms with Crippen LogP contribution in [0.2, 0.25) is 0 Å². The molecule has 0 aliphatic heterocycles. The van der Waals surface area contributed by atoms with E-state index in [9.17, 15) is 26.6 Å². The lowest BCUT2D eigenvalue weighted by atomic mass is 10.1. The number of alkyl halides is 2. The highest BCUT2D eigenvalue weighted by Crippen LogP contribution is 2.63. The van der Waals surface area contributed by atoms with Crippen molar-refractivity contribution in [2.45, 2.75) is 17.2 Å². The number of amides is 1. The minimum absolute atomic E-state index is 0.0121. The van der Waals surface area contributed by atoms with E-state index in [0.29, 0.717) is 16.9 Å². The Bertz CT molecular complexity index is 1370. The van der Waals surface area contributed by atoms with Crippen molar-refractivity contribution >= 4 is 60.7 Å². The molecule has 8 nitrogen and oxygen atoms in total. The summed E-state index contributed by atoms with van der Waals surface area (Å²) in [6.07, 6.45) is 1.06. The van der Waals surface area contributed by atoms with Gasteiger partial charge in [0.25, 0.3) is 0 Å². The SMILES string of the molecule is CS(=O)(=O)c1ccc(COc2cc(C(N)=O)cc3c(Br)c(C(F)(F)P(=O)(O)O)sc23)cc1. The van der Waals surface area contributed by atoms with Crippen LogP contribution in [0.4, 0.5) is 8.78 Å². The average Bonchev–Trinajstić information content (AvgIpc) is 3.02. The van der Waals surface area contributed by atoms with Gasteiger partial charge in [-0.25, -0.2) is 8.42 Å². The summed E-state index contributed by atoms with van der Waals surface area (Å²) in [5.41, 5.74) is 1.33. The number of benzene rings is 2. The number of halogens is 3. The minimum Gasteiger partial charge on any atom is -0.487 e. The molecule has 0 spiro atoms. The predicted molar refractivity (Wildman–Crippen MR) is 118 cm³/mol. The second-order valence-corrected chi connectivity index (χ2v) is 12.2. The maximum atomic E-state index is 14.4. The van der Waals surface area contributed by atoms with Crippen molar-refractivity contribution in [2.24, 2.45) is 5.73 Å². The first-order chi connectivity index (χ1) is 14.6. The largest absolute Gasteiger partial charge is 0.487 e. The number of primary amides is 1. The van der Waals surface area contributed by atoms with Gasteiger partial charge in [-0.15, -0.1) is 11.3 Å². The first-order valence-corrected chi connectivity index (χ1v) is 13.7. The molecule has 3 aromatic rings. The second-order valence-electron chi connectivity index (χ2n) is 6.75. The highest BCUT2D eigenvalue weighted by Gasteiger charge is 2.53. The normalized spacial score (nSPS) is 12.8. The van der Waals surface area contributed by atoms with Crippen molar-refractivity contribution in [3.05, 3.63) is 56.9 Å². The van der Waals surface area contributed by atoms with Crippen LogP contribution < -0.4 is 10.5 Å². The van der Waals surface area contributed by atoms with Crippen LogP contribution in [-0.4, -0.2) is 30.4 Å². The summed E-state index contributed by atoms with van der Waals surface area (Å²) in [7, 11) is -9.22. The van der Waals surface area contributed by atoms with Crippen LogP contribution in [0.5, 0.6) is 5.75 Å². The van der Waals surface area contributed by atoms with Crippen molar-refractivity contribution in [3.63, 3.8) is 0 Å². The number of hydrogen-bond donors (Lipinski definition) is 3. The fraction of sp³-hybridized carbons (Fsp3) is 0.167. The molecule has 172 valence electrons. The van der Waals surface area contributed by atoms with Crippen LogP contribution in [0.1, 0.15) is 20.8 Å². The molecule has 1 amide bonds. The number of fused-ring (bicyclic) bond motifs is 1. The Kier molecular flexibility index (Phi) is 6.55. The molecule has 3 rings (SSSR count). The summed E-state index contributed by atoms with van der Waals surface area (Å²) in [6.45, 7) is -0.110. The third-order valence-electron chi connectivity index (χ3n) is 4.36. The van der Waals surface area contributed by atoms with Gasteiger partial charge in [0.15, 0.2) is 9.84 Å². The van der Waals surface area contributed by atoms with Gasteiger partial charge in [-0.05, 0) is 45.8 Å². The Morgan fingerprint density at radius 3 is 2.34 bits per heavy atom. The number of nitrogens with two attached hydrogens (primary N) is 1. The molecule has 0 fully saturated rings. The van der Waals surface area contributed by atoms with E-state index in [2.05, 4.69) is 15.9 Å².